The third-order valence-corrected chi connectivity index (χ3v) is 1.50. The SMILES string of the molecule is C1=CC2NNOC2C=C1. The van der Waals surface area contributed by atoms with Gasteiger partial charge in [-0.2, -0.15) is 0 Å². The van der Waals surface area contributed by atoms with Crippen molar-refractivity contribution >= 4 is 0 Å². The summed E-state index contributed by atoms with van der Waals surface area (Å²) in [5.41, 5.74) is 5.56. The predicted octanol–water partition coefficient (Wildman–Crippen LogP) is -0.111. The quantitative estimate of drug-likeness (QED) is 0.472. The molecule has 2 N–H and O–H groups in total. The molecule has 0 amide bonds. The van der Waals surface area contributed by atoms with Gasteiger partial charge in [0.25, 0.3) is 0 Å². The minimum absolute atomic E-state index is 0.176. The fraction of sp³-hybridized carbons (Fsp3) is 0.333. The lowest BCUT2D eigenvalue weighted by Crippen LogP contribution is -2.31. The van der Waals surface area contributed by atoms with Crippen LogP contribution in [-0.2, 0) is 4.84 Å². The van der Waals surface area contributed by atoms with Gasteiger partial charge in [0.05, 0.1) is 6.04 Å². The average molecular weight is 124 g/mol. The van der Waals surface area contributed by atoms with Gasteiger partial charge in [-0.15, -0.1) is 5.59 Å². The van der Waals surface area contributed by atoms with Crippen molar-refractivity contribution in [2.75, 3.05) is 0 Å². The van der Waals surface area contributed by atoms with Crippen LogP contribution in [0.5, 0.6) is 0 Å². The summed E-state index contributed by atoms with van der Waals surface area (Å²) in [5, 5.41) is 0. The minimum Gasteiger partial charge on any atom is -0.277 e. The molecule has 2 rings (SSSR count). The van der Waals surface area contributed by atoms with E-state index in [9.17, 15) is 0 Å². The molecule has 1 aliphatic carbocycles. The Balaban J connectivity index is 2.18. The Morgan fingerprint density at radius 2 is 2.11 bits per heavy atom. The molecule has 1 heterocycles. The van der Waals surface area contributed by atoms with E-state index in [4.69, 9.17) is 4.84 Å². The second-order valence-electron chi connectivity index (χ2n) is 2.12. The van der Waals surface area contributed by atoms with Gasteiger partial charge >= 0.3 is 0 Å². The zero-order chi connectivity index (χ0) is 6.10. The van der Waals surface area contributed by atoms with Crippen molar-refractivity contribution in [1.82, 2.24) is 11.0 Å². The molecule has 1 fully saturated rings. The maximum absolute atomic E-state index is 5.06. The fourth-order valence-electron chi connectivity index (χ4n) is 1.000. The van der Waals surface area contributed by atoms with Gasteiger partial charge in [0.1, 0.15) is 6.10 Å². The summed E-state index contributed by atoms with van der Waals surface area (Å²) in [6.07, 6.45) is 8.23. The van der Waals surface area contributed by atoms with Crippen molar-refractivity contribution in [3.05, 3.63) is 24.3 Å². The van der Waals surface area contributed by atoms with Crippen LogP contribution in [0.2, 0.25) is 0 Å². The van der Waals surface area contributed by atoms with E-state index in [-0.39, 0.29) is 6.10 Å². The highest BCUT2D eigenvalue weighted by Gasteiger charge is 2.24. The Morgan fingerprint density at radius 1 is 1.22 bits per heavy atom. The zero-order valence-electron chi connectivity index (χ0n) is 4.87. The van der Waals surface area contributed by atoms with Crippen molar-refractivity contribution in [1.29, 1.82) is 0 Å². The van der Waals surface area contributed by atoms with E-state index in [1.807, 2.05) is 18.2 Å². The number of rotatable bonds is 0. The maximum Gasteiger partial charge on any atom is 0.119 e. The number of hydrogen-bond donors (Lipinski definition) is 2. The van der Waals surface area contributed by atoms with Gasteiger partial charge in [0.2, 0.25) is 0 Å². The highest BCUT2D eigenvalue weighted by molar-refractivity contribution is 5.18. The van der Waals surface area contributed by atoms with E-state index in [1.54, 1.807) is 0 Å². The first-order valence-electron chi connectivity index (χ1n) is 2.98. The van der Waals surface area contributed by atoms with Gasteiger partial charge in [-0.3, -0.25) is 4.84 Å². The number of hydrazine groups is 1. The third kappa shape index (κ3) is 0.790. The van der Waals surface area contributed by atoms with Crippen molar-refractivity contribution in [3.8, 4) is 0 Å². The molecular weight excluding hydrogens is 116 g/mol. The van der Waals surface area contributed by atoms with Crippen LogP contribution in [0, 0.1) is 0 Å². The van der Waals surface area contributed by atoms with Gasteiger partial charge in [-0.05, 0) is 0 Å². The van der Waals surface area contributed by atoms with E-state index in [2.05, 4.69) is 17.1 Å². The topological polar surface area (TPSA) is 33.3 Å². The highest BCUT2D eigenvalue weighted by Crippen LogP contribution is 2.10. The molecule has 2 atom stereocenters. The van der Waals surface area contributed by atoms with E-state index >= 15 is 0 Å². The lowest BCUT2D eigenvalue weighted by molar-refractivity contribution is 0.0477. The third-order valence-electron chi connectivity index (χ3n) is 1.50. The summed E-state index contributed by atoms with van der Waals surface area (Å²) < 4.78 is 0. The van der Waals surface area contributed by atoms with Crippen molar-refractivity contribution in [2.45, 2.75) is 12.1 Å². The van der Waals surface area contributed by atoms with Crippen LogP contribution in [-0.4, -0.2) is 12.1 Å². The predicted molar refractivity (Wildman–Crippen MR) is 33.2 cm³/mol. The minimum atomic E-state index is 0.176. The van der Waals surface area contributed by atoms with E-state index in [1.165, 1.54) is 0 Å². The standard InChI is InChI=1S/C6H8N2O/c1-2-4-6-5(3-1)7-8-9-6/h1-8H. The van der Waals surface area contributed by atoms with E-state index in [0.29, 0.717) is 6.04 Å². The summed E-state index contributed by atoms with van der Waals surface area (Å²) in [6.45, 7) is 0. The molecule has 0 bridgehead atoms. The molecule has 0 aromatic carbocycles. The molecule has 0 aromatic rings. The van der Waals surface area contributed by atoms with E-state index < -0.39 is 0 Å². The molecular formula is C6H8N2O. The fourth-order valence-corrected chi connectivity index (χ4v) is 1.000. The average Bonchev–Trinajstić information content (AvgIpc) is 2.33. The Morgan fingerprint density at radius 3 is 3.00 bits per heavy atom. The van der Waals surface area contributed by atoms with Crippen molar-refractivity contribution < 1.29 is 4.84 Å². The Bertz CT molecular complexity index is 146. The number of nitrogens with one attached hydrogen (secondary N) is 2. The summed E-state index contributed by atoms with van der Waals surface area (Å²) in [4.78, 5) is 5.06. The van der Waals surface area contributed by atoms with Crippen LogP contribution in [0.1, 0.15) is 0 Å². The molecule has 0 radical (unpaired) electrons. The summed E-state index contributed by atoms with van der Waals surface area (Å²) in [7, 11) is 0. The molecule has 9 heavy (non-hydrogen) atoms. The molecule has 2 aliphatic rings. The Hall–Kier alpha value is -0.640. The number of allylic oxidation sites excluding steroid dienone is 2. The molecule has 0 saturated carbocycles. The molecule has 2 unspecified atom stereocenters. The molecule has 0 spiro atoms. The maximum atomic E-state index is 5.06. The normalized spacial score (nSPS) is 39.1. The molecule has 1 saturated heterocycles. The number of hydrogen-bond acceptors (Lipinski definition) is 3. The van der Waals surface area contributed by atoms with Crippen LogP contribution in [0.15, 0.2) is 24.3 Å². The summed E-state index contributed by atoms with van der Waals surface area (Å²) in [6, 6.07) is 0.315. The Labute approximate surface area is 53.3 Å². The second-order valence-corrected chi connectivity index (χ2v) is 2.12. The summed E-state index contributed by atoms with van der Waals surface area (Å²) >= 11 is 0. The first-order valence-corrected chi connectivity index (χ1v) is 2.98. The van der Waals surface area contributed by atoms with Crippen molar-refractivity contribution in [2.24, 2.45) is 0 Å². The second kappa shape index (κ2) is 1.95. The largest absolute Gasteiger partial charge is 0.277 e. The summed E-state index contributed by atoms with van der Waals surface area (Å²) in [5.74, 6) is 0. The van der Waals surface area contributed by atoms with Crippen LogP contribution < -0.4 is 11.0 Å². The first kappa shape index (κ1) is 5.17. The molecule has 48 valence electrons. The highest BCUT2D eigenvalue weighted by atomic mass is 16.7. The van der Waals surface area contributed by atoms with Gasteiger partial charge in [0.15, 0.2) is 0 Å². The number of fused-ring (bicyclic) bond motifs is 1. The molecule has 3 nitrogen and oxygen atoms in total. The monoisotopic (exact) mass is 124 g/mol. The van der Waals surface area contributed by atoms with Crippen LogP contribution in [0.3, 0.4) is 0 Å². The lowest BCUT2D eigenvalue weighted by Gasteiger charge is -2.09. The molecule has 3 heteroatoms. The van der Waals surface area contributed by atoms with Gasteiger partial charge < -0.3 is 0 Å². The van der Waals surface area contributed by atoms with Crippen LogP contribution >= 0.6 is 0 Å². The zero-order valence-corrected chi connectivity index (χ0v) is 4.87. The smallest absolute Gasteiger partial charge is 0.119 e. The van der Waals surface area contributed by atoms with E-state index in [0.717, 1.165) is 0 Å². The van der Waals surface area contributed by atoms with Gasteiger partial charge in [0, 0.05) is 0 Å². The van der Waals surface area contributed by atoms with Gasteiger partial charge in [-0.1, -0.05) is 24.3 Å². The van der Waals surface area contributed by atoms with Crippen LogP contribution in [0.25, 0.3) is 0 Å². The first-order chi connectivity index (χ1) is 4.47. The molecule has 1 aliphatic heterocycles. The lowest BCUT2D eigenvalue weighted by atomic mass is 10.1. The van der Waals surface area contributed by atoms with Crippen molar-refractivity contribution in [3.63, 3.8) is 0 Å². The van der Waals surface area contributed by atoms with Crippen LogP contribution in [0.4, 0.5) is 0 Å². The Kier molecular flexibility index (Phi) is 1.12. The molecule has 0 aromatic heterocycles. The van der Waals surface area contributed by atoms with Gasteiger partial charge in [-0.25, -0.2) is 5.43 Å².